The van der Waals surface area contributed by atoms with Gasteiger partial charge in [-0.15, -0.1) is 0 Å². The van der Waals surface area contributed by atoms with Crippen molar-refractivity contribution in [3.05, 3.63) is 53.4 Å². The number of hydrogen-bond acceptors (Lipinski definition) is 5. The lowest BCUT2D eigenvalue weighted by Gasteiger charge is -2.07. The molecule has 0 saturated carbocycles. The first-order chi connectivity index (χ1) is 11.2. The summed E-state index contributed by atoms with van der Waals surface area (Å²) < 4.78 is 4.65. The summed E-state index contributed by atoms with van der Waals surface area (Å²) in [5, 5.41) is 1.15. The zero-order valence-electron chi connectivity index (χ0n) is 12.5. The van der Waals surface area contributed by atoms with Crippen molar-refractivity contribution in [2.45, 2.75) is 12.8 Å². The Morgan fingerprint density at radius 3 is 2.87 bits per heavy atom. The molecule has 0 spiro atoms. The van der Waals surface area contributed by atoms with Gasteiger partial charge in [0.05, 0.1) is 12.6 Å². The molecule has 0 amide bonds. The van der Waals surface area contributed by atoms with Crippen LogP contribution in [-0.4, -0.2) is 28.0 Å². The molecule has 23 heavy (non-hydrogen) atoms. The van der Waals surface area contributed by atoms with Crippen LogP contribution in [0.4, 0.5) is 0 Å². The fourth-order valence-electron chi connectivity index (χ4n) is 2.27. The zero-order chi connectivity index (χ0) is 16.2. The summed E-state index contributed by atoms with van der Waals surface area (Å²) in [5.74, 6) is 0.303. The maximum atomic E-state index is 11.2. The van der Waals surface area contributed by atoms with E-state index in [1.807, 2.05) is 30.3 Å². The first-order valence-electron chi connectivity index (χ1n) is 7.11. The topological polar surface area (TPSA) is 65.0 Å². The third kappa shape index (κ3) is 3.46. The minimum atomic E-state index is -0.237. The quantitative estimate of drug-likeness (QED) is 0.542. The molecule has 3 aromatic rings. The van der Waals surface area contributed by atoms with E-state index in [9.17, 15) is 4.79 Å². The van der Waals surface area contributed by atoms with Crippen molar-refractivity contribution in [2.75, 3.05) is 7.11 Å². The molecular weight excluding hydrogens is 314 g/mol. The first kappa shape index (κ1) is 15.4. The van der Waals surface area contributed by atoms with Gasteiger partial charge < -0.3 is 4.74 Å². The summed E-state index contributed by atoms with van der Waals surface area (Å²) in [6.07, 6.45) is 4.31. The molecule has 0 atom stereocenters. The average molecular weight is 328 g/mol. The van der Waals surface area contributed by atoms with Crippen molar-refractivity contribution in [3.8, 4) is 11.4 Å². The number of pyridine rings is 1. The number of esters is 1. The smallest absolute Gasteiger partial charge is 0.305 e. The fraction of sp³-hybridized carbons (Fsp3) is 0.176. The van der Waals surface area contributed by atoms with E-state index in [0.29, 0.717) is 23.8 Å². The van der Waals surface area contributed by atoms with Crippen molar-refractivity contribution >= 4 is 28.5 Å². The van der Waals surface area contributed by atoms with Crippen LogP contribution in [0.25, 0.3) is 22.3 Å². The van der Waals surface area contributed by atoms with E-state index in [1.165, 1.54) is 7.11 Å². The van der Waals surface area contributed by atoms with Gasteiger partial charge in [0, 0.05) is 29.8 Å². The Bertz CT molecular complexity index is 853. The standard InChI is InChI=1S/C17H14ClN3O2/c1-23-15(22)7-5-11-4-6-14-13(9-11)16(18)21-17(20-14)12-3-2-8-19-10-12/h2-4,6,8-10H,5,7H2,1H3. The fourth-order valence-corrected chi connectivity index (χ4v) is 2.50. The molecule has 116 valence electrons. The predicted octanol–water partition coefficient (Wildman–Crippen LogP) is 3.45. The van der Waals surface area contributed by atoms with E-state index >= 15 is 0 Å². The van der Waals surface area contributed by atoms with E-state index in [-0.39, 0.29) is 5.97 Å². The predicted molar refractivity (Wildman–Crippen MR) is 88.1 cm³/mol. The van der Waals surface area contributed by atoms with Gasteiger partial charge >= 0.3 is 5.97 Å². The largest absolute Gasteiger partial charge is 0.469 e. The van der Waals surface area contributed by atoms with Gasteiger partial charge in [0.15, 0.2) is 5.82 Å². The molecule has 2 aromatic heterocycles. The normalized spacial score (nSPS) is 10.7. The highest BCUT2D eigenvalue weighted by Crippen LogP contribution is 2.25. The number of halogens is 1. The SMILES string of the molecule is COC(=O)CCc1ccc2nc(-c3cccnc3)nc(Cl)c2c1. The van der Waals surface area contributed by atoms with Gasteiger partial charge in [-0.1, -0.05) is 17.7 Å². The number of methoxy groups -OCH3 is 1. The average Bonchev–Trinajstić information content (AvgIpc) is 2.60. The molecule has 0 saturated heterocycles. The van der Waals surface area contributed by atoms with Crippen LogP contribution in [0, 0.1) is 0 Å². The van der Waals surface area contributed by atoms with Gasteiger partial charge in [-0.05, 0) is 36.2 Å². The number of aromatic nitrogens is 3. The van der Waals surface area contributed by atoms with Crippen LogP contribution in [0.15, 0.2) is 42.7 Å². The maximum Gasteiger partial charge on any atom is 0.305 e. The van der Waals surface area contributed by atoms with Crippen LogP contribution in [0.5, 0.6) is 0 Å². The van der Waals surface area contributed by atoms with E-state index in [1.54, 1.807) is 12.4 Å². The van der Waals surface area contributed by atoms with Crippen LogP contribution in [-0.2, 0) is 16.0 Å². The number of hydrogen-bond donors (Lipinski definition) is 0. The molecule has 0 unspecified atom stereocenters. The molecule has 5 nitrogen and oxygen atoms in total. The molecule has 2 heterocycles. The van der Waals surface area contributed by atoms with Gasteiger partial charge in [-0.25, -0.2) is 9.97 Å². The lowest BCUT2D eigenvalue weighted by atomic mass is 10.1. The molecule has 0 N–H and O–H groups in total. The monoisotopic (exact) mass is 327 g/mol. The number of aryl methyl sites for hydroxylation is 1. The summed E-state index contributed by atoms with van der Waals surface area (Å²) in [4.78, 5) is 24.2. The summed E-state index contributed by atoms with van der Waals surface area (Å²) in [6.45, 7) is 0. The van der Waals surface area contributed by atoms with Gasteiger partial charge in [0.25, 0.3) is 0 Å². The summed E-state index contributed by atoms with van der Waals surface area (Å²) in [6, 6.07) is 9.44. The molecule has 0 aliphatic rings. The van der Waals surface area contributed by atoms with Gasteiger partial charge in [-0.3, -0.25) is 9.78 Å². The highest BCUT2D eigenvalue weighted by atomic mass is 35.5. The second-order valence-electron chi connectivity index (χ2n) is 5.01. The van der Waals surface area contributed by atoms with Crippen LogP contribution in [0.2, 0.25) is 5.15 Å². The Morgan fingerprint density at radius 2 is 2.13 bits per heavy atom. The number of ether oxygens (including phenoxy) is 1. The van der Waals surface area contributed by atoms with Crippen LogP contribution < -0.4 is 0 Å². The molecule has 0 aliphatic heterocycles. The first-order valence-corrected chi connectivity index (χ1v) is 7.48. The number of carbonyl (C=O) groups excluding carboxylic acids is 1. The van der Waals surface area contributed by atoms with Crippen molar-refractivity contribution in [3.63, 3.8) is 0 Å². The molecule has 0 bridgehead atoms. The van der Waals surface area contributed by atoms with Crippen molar-refractivity contribution in [1.29, 1.82) is 0 Å². The third-order valence-corrected chi connectivity index (χ3v) is 3.77. The van der Waals surface area contributed by atoms with Crippen LogP contribution in [0.1, 0.15) is 12.0 Å². The minimum Gasteiger partial charge on any atom is -0.469 e. The second-order valence-corrected chi connectivity index (χ2v) is 5.37. The molecule has 0 radical (unpaired) electrons. The van der Waals surface area contributed by atoms with Crippen LogP contribution >= 0.6 is 11.6 Å². The Kier molecular flexibility index (Phi) is 4.48. The number of rotatable bonds is 4. The summed E-state index contributed by atoms with van der Waals surface area (Å²) >= 11 is 6.31. The molecule has 3 rings (SSSR count). The van der Waals surface area contributed by atoms with E-state index < -0.39 is 0 Å². The highest BCUT2D eigenvalue weighted by Gasteiger charge is 2.09. The molecule has 1 aromatic carbocycles. The molecule has 0 fully saturated rings. The Labute approximate surface area is 138 Å². The number of benzene rings is 1. The lowest BCUT2D eigenvalue weighted by molar-refractivity contribution is -0.140. The molecule has 0 aliphatic carbocycles. The Balaban J connectivity index is 1.95. The van der Waals surface area contributed by atoms with Crippen molar-refractivity contribution in [1.82, 2.24) is 15.0 Å². The van der Waals surface area contributed by atoms with Gasteiger partial charge in [0.2, 0.25) is 0 Å². The molecular formula is C17H14ClN3O2. The summed E-state index contributed by atoms with van der Waals surface area (Å²) in [7, 11) is 1.38. The Morgan fingerprint density at radius 1 is 1.26 bits per heavy atom. The van der Waals surface area contributed by atoms with E-state index in [4.69, 9.17) is 11.6 Å². The van der Waals surface area contributed by atoms with Crippen LogP contribution in [0.3, 0.4) is 0 Å². The lowest BCUT2D eigenvalue weighted by Crippen LogP contribution is -2.02. The number of fused-ring (bicyclic) bond motifs is 1. The third-order valence-electron chi connectivity index (χ3n) is 3.48. The Hall–Kier alpha value is -2.53. The van der Waals surface area contributed by atoms with Crippen molar-refractivity contribution in [2.24, 2.45) is 0 Å². The minimum absolute atomic E-state index is 0.237. The van der Waals surface area contributed by atoms with Gasteiger partial charge in [-0.2, -0.15) is 0 Å². The zero-order valence-corrected chi connectivity index (χ0v) is 13.2. The van der Waals surface area contributed by atoms with E-state index in [2.05, 4.69) is 19.7 Å². The second kappa shape index (κ2) is 6.71. The number of nitrogens with zero attached hydrogens (tertiary/aromatic N) is 3. The highest BCUT2D eigenvalue weighted by molar-refractivity contribution is 6.34. The van der Waals surface area contributed by atoms with Gasteiger partial charge in [0.1, 0.15) is 5.15 Å². The van der Waals surface area contributed by atoms with Crippen molar-refractivity contribution < 1.29 is 9.53 Å². The number of carbonyl (C=O) groups is 1. The van der Waals surface area contributed by atoms with E-state index in [0.717, 1.165) is 22.0 Å². The maximum absolute atomic E-state index is 11.2. The summed E-state index contributed by atoms with van der Waals surface area (Å²) in [5.41, 5.74) is 2.55. The molecule has 6 heteroatoms.